The molecule has 1 atom stereocenters. The van der Waals surface area contributed by atoms with Gasteiger partial charge >= 0.3 is 0 Å². The summed E-state index contributed by atoms with van der Waals surface area (Å²) in [6, 6.07) is 0. The van der Waals surface area contributed by atoms with E-state index >= 15 is 0 Å². The molecule has 0 aliphatic carbocycles. The smallest absolute Gasteiger partial charge is 0.147 e. The predicted octanol–water partition coefficient (Wildman–Crippen LogP) is 2.63. The van der Waals surface area contributed by atoms with Crippen LogP contribution in [0.15, 0.2) is 12.4 Å². The van der Waals surface area contributed by atoms with E-state index < -0.39 is 0 Å². The molecule has 1 rings (SSSR count). The van der Waals surface area contributed by atoms with Crippen LogP contribution in [0.3, 0.4) is 0 Å². The Morgan fingerprint density at radius 3 is 2.91 bits per heavy atom. The van der Waals surface area contributed by atoms with Crippen LogP contribution in [-0.2, 0) is 0 Å². The zero-order valence-electron chi connectivity index (χ0n) is 6.09. The molecule has 1 aromatic heterocycles. The number of rotatable bonds is 2. The summed E-state index contributed by atoms with van der Waals surface area (Å²) < 4.78 is 0. The van der Waals surface area contributed by atoms with E-state index in [1.54, 1.807) is 6.20 Å². The largest absolute Gasteiger partial charge is 0.260 e. The van der Waals surface area contributed by atoms with Gasteiger partial charge in [-0.1, -0.05) is 34.5 Å². The van der Waals surface area contributed by atoms with Crippen LogP contribution >= 0.6 is 27.5 Å². The molecule has 0 fully saturated rings. The standard InChI is InChI=1S/C7H8BrClN2/c1-5(2-8)6-3-10-4-7(9)11-6/h3-5H,2H2,1H3. The second-order valence-corrected chi connectivity index (χ2v) is 3.36. The molecule has 1 aromatic rings. The van der Waals surface area contributed by atoms with Gasteiger partial charge in [-0.2, -0.15) is 0 Å². The van der Waals surface area contributed by atoms with E-state index in [1.807, 2.05) is 0 Å². The van der Waals surface area contributed by atoms with Crippen LogP contribution in [0.5, 0.6) is 0 Å². The minimum absolute atomic E-state index is 0.362. The first-order valence-electron chi connectivity index (χ1n) is 3.27. The van der Waals surface area contributed by atoms with Crippen LogP contribution in [0, 0.1) is 0 Å². The quantitative estimate of drug-likeness (QED) is 0.737. The first kappa shape index (κ1) is 8.94. The minimum atomic E-state index is 0.362. The summed E-state index contributed by atoms with van der Waals surface area (Å²) in [5.41, 5.74) is 0.925. The van der Waals surface area contributed by atoms with E-state index in [0.29, 0.717) is 11.1 Å². The van der Waals surface area contributed by atoms with Gasteiger partial charge in [0.1, 0.15) is 5.15 Å². The number of aromatic nitrogens is 2. The maximum atomic E-state index is 5.66. The number of alkyl halides is 1. The molecule has 0 radical (unpaired) electrons. The summed E-state index contributed by atoms with van der Waals surface area (Å²) in [6.45, 7) is 2.06. The molecule has 0 aliphatic heterocycles. The Labute approximate surface area is 79.1 Å². The van der Waals surface area contributed by atoms with Crippen molar-refractivity contribution in [1.82, 2.24) is 9.97 Å². The van der Waals surface area contributed by atoms with Crippen molar-refractivity contribution in [2.24, 2.45) is 0 Å². The third-order valence-corrected chi connectivity index (χ3v) is 2.51. The average Bonchev–Trinajstić information content (AvgIpc) is 2.03. The highest BCUT2D eigenvalue weighted by molar-refractivity contribution is 9.09. The lowest BCUT2D eigenvalue weighted by Crippen LogP contribution is -1.98. The number of hydrogen-bond acceptors (Lipinski definition) is 2. The number of hydrogen-bond donors (Lipinski definition) is 0. The van der Waals surface area contributed by atoms with Crippen LogP contribution in [0.1, 0.15) is 18.5 Å². The SMILES string of the molecule is CC(CBr)c1cncc(Cl)n1. The van der Waals surface area contributed by atoms with E-state index in [-0.39, 0.29) is 0 Å². The zero-order chi connectivity index (χ0) is 8.27. The first-order valence-corrected chi connectivity index (χ1v) is 4.77. The van der Waals surface area contributed by atoms with Gasteiger partial charge < -0.3 is 0 Å². The van der Waals surface area contributed by atoms with Crippen molar-refractivity contribution in [1.29, 1.82) is 0 Å². The van der Waals surface area contributed by atoms with Gasteiger partial charge in [0.05, 0.1) is 11.9 Å². The van der Waals surface area contributed by atoms with E-state index in [2.05, 4.69) is 32.8 Å². The van der Waals surface area contributed by atoms with Crippen LogP contribution in [0.2, 0.25) is 5.15 Å². The van der Waals surface area contributed by atoms with E-state index in [9.17, 15) is 0 Å². The lowest BCUT2D eigenvalue weighted by Gasteiger charge is -2.04. The predicted molar refractivity (Wildman–Crippen MR) is 49.3 cm³/mol. The highest BCUT2D eigenvalue weighted by Crippen LogP contribution is 2.15. The lowest BCUT2D eigenvalue weighted by molar-refractivity contribution is 0.829. The monoisotopic (exact) mass is 234 g/mol. The fourth-order valence-electron chi connectivity index (χ4n) is 0.673. The molecule has 0 aromatic carbocycles. The normalized spacial score (nSPS) is 13.0. The van der Waals surface area contributed by atoms with Gasteiger partial charge in [0.2, 0.25) is 0 Å². The fraction of sp³-hybridized carbons (Fsp3) is 0.429. The molecular formula is C7H8BrClN2. The molecular weight excluding hydrogens is 227 g/mol. The Hall–Kier alpha value is -0.150. The third kappa shape index (κ3) is 2.42. The van der Waals surface area contributed by atoms with Crippen molar-refractivity contribution >= 4 is 27.5 Å². The molecule has 4 heteroatoms. The van der Waals surface area contributed by atoms with Crippen molar-refractivity contribution in [3.63, 3.8) is 0 Å². The Balaban J connectivity index is 2.86. The maximum Gasteiger partial charge on any atom is 0.147 e. The number of nitrogens with zero attached hydrogens (tertiary/aromatic N) is 2. The summed E-state index contributed by atoms with van der Waals surface area (Å²) in [5.74, 6) is 0.362. The molecule has 1 unspecified atom stereocenters. The summed E-state index contributed by atoms with van der Waals surface area (Å²) in [5, 5.41) is 1.33. The van der Waals surface area contributed by atoms with E-state index in [4.69, 9.17) is 11.6 Å². The average molecular weight is 236 g/mol. The Bertz CT molecular complexity index is 242. The molecule has 2 nitrogen and oxygen atoms in total. The van der Waals surface area contributed by atoms with E-state index in [1.165, 1.54) is 6.20 Å². The Kier molecular flexibility index (Phi) is 3.27. The molecule has 11 heavy (non-hydrogen) atoms. The summed E-state index contributed by atoms with van der Waals surface area (Å²) in [6.07, 6.45) is 3.27. The van der Waals surface area contributed by atoms with Crippen LogP contribution < -0.4 is 0 Å². The van der Waals surface area contributed by atoms with Crippen molar-refractivity contribution in [3.05, 3.63) is 23.2 Å². The van der Waals surface area contributed by atoms with Crippen molar-refractivity contribution in [2.45, 2.75) is 12.8 Å². The molecule has 0 amide bonds. The summed E-state index contributed by atoms with van der Waals surface area (Å²) in [4.78, 5) is 8.05. The molecule has 0 saturated heterocycles. The molecule has 1 heterocycles. The Morgan fingerprint density at radius 2 is 2.36 bits per heavy atom. The van der Waals surface area contributed by atoms with Gasteiger partial charge in [0.25, 0.3) is 0 Å². The molecule has 0 aliphatic rings. The zero-order valence-corrected chi connectivity index (χ0v) is 8.43. The summed E-state index contributed by atoms with van der Waals surface area (Å²) >= 11 is 9.02. The molecule has 0 N–H and O–H groups in total. The number of halogens is 2. The maximum absolute atomic E-state index is 5.66. The Morgan fingerprint density at radius 1 is 1.64 bits per heavy atom. The molecule has 0 bridgehead atoms. The molecule has 0 saturated carbocycles. The van der Waals surface area contributed by atoms with Crippen molar-refractivity contribution in [3.8, 4) is 0 Å². The third-order valence-electron chi connectivity index (χ3n) is 1.36. The van der Waals surface area contributed by atoms with Gasteiger partial charge in [-0.3, -0.25) is 4.98 Å². The fourth-order valence-corrected chi connectivity index (χ4v) is 1.16. The minimum Gasteiger partial charge on any atom is -0.260 e. The van der Waals surface area contributed by atoms with Gasteiger partial charge in [-0.15, -0.1) is 0 Å². The summed E-state index contributed by atoms with van der Waals surface area (Å²) in [7, 11) is 0. The van der Waals surface area contributed by atoms with Gasteiger partial charge in [0.15, 0.2) is 0 Å². The van der Waals surface area contributed by atoms with Crippen LogP contribution in [0.25, 0.3) is 0 Å². The van der Waals surface area contributed by atoms with Gasteiger partial charge in [-0.25, -0.2) is 4.98 Å². The van der Waals surface area contributed by atoms with Crippen LogP contribution in [-0.4, -0.2) is 15.3 Å². The highest BCUT2D eigenvalue weighted by atomic mass is 79.9. The second kappa shape index (κ2) is 4.02. The highest BCUT2D eigenvalue weighted by Gasteiger charge is 2.05. The molecule has 0 spiro atoms. The van der Waals surface area contributed by atoms with Crippen LogP contribution in [0.4, 0.5) is 0 Å². The van der Waals surface area contributed by atoms with Crippen molar-refractivity contribution < 1.29 is 0 Å². The van der Waals surface area contributed by atoms with E-state index in [0.717, 1.165) is 11.0 Å². The molecule has 60 valence electrons. The van der Waals surface area contributed by atoms with Gasteiger partial charge in [0, 0.05) is 17.4 Å². The second-order valence-electron chi connectivity index (χ2n) is 2.32. The van der Waals surface area contributed by atoms with Crippen molar-refractivity contribution in [2.75, 3.05) is 5.33 Å². The topological polar surface area (TPSA) is 25.8 Å². The van der Waals surface area contributed by atoms with Gasteiger partial charge in [-0.05, 0) is 0 Å². The first-order chi connectivity index (χ1) is 5.24. The lowest BCUT2D eigenvalue weighted by atomic mass is 10.1.